The molecule has 0 aliphatic carbocycles. The SMILES string of the molecule is C=CCOc1ccc(F)[c]c1F. The van der Waals surface area contributed by atoms with Crippen LogP contribution in [0.2, 0.25) is 0 Å². The van der Waals surface area contributed by atoms with Gasteiger partial charge in [0.05, 0.1) is 6.07 Å². The van der Waals surface area contributed by atoms with Gasteiger partial charge in [-0.15, -0.1) is 0 Å². The van der Waals surface area contributed by atoms with Crippen LogP contribution in [0.5, 0.6) is 5.75 Å². The molecule has 1 nitrogen and oxygen atoms in total. The number of hydrogen-bond acceptors (Lipinski definition) is 1. The Labute approximate surface area is 69.3 Å². The van der Waals surface area contributed by atoms with E-state index in [2.05, 4.69) is 6.58 Å². The zero-order valence-electron chi connectivity index (χ0n) is 6.31. The Morgan fingerprint density at radius 3 is 2.83 bits per heavy atom. The molecule has 0 bridgehead atoms. The lowest BCUT2D eigenvalue weighted by molar-refractivity contribution is 0.340. The van der Waals surface area contributed by atoms with E-state index in [4.69, 9.17) is 4.74 Å². The fourth-order valence-electron chi connectivity index (χ4n) is 0.690. The molecule has 0 atom stereocenters. The Hall–Kier alpha value is -1.38. The molecule has 0 aliphatic rings. The molecule has 1 aromatic carbocycles. The van der Waals surface area contributed by atoms with Gasteiger partial charge in [0.25, 0.3) is 0 Å². The number of halogens is 2. The van der Waals surface area contributed by atoms with Crippen LogP contribution in [0, 0.1) is 17.7 Å². The minimum absolute atomic E-state index is 0.0173. The Morgan fingerprint density at radius 1 is 1.50 bits per heavy atom. The predicted molar refractivity (Wildman–Crippen MR) is 40.9 cm³/mol. The van der Waals surface area contributed by atoms with E-state index in [1.807, 2.05) is 6.07 Å². The van der Waals surface area contributed by atoms with Crippen molar-refractivity contribution in [1.29, 1.82) is 0 Å². The molecule has 63 valence electrons. The van der Waals surface area contributed by atoms with Crippen molar-refractivity contribution in [3.05, 3.63) is 42.5 Å². The number of ether oxygens (including phenoxy) is 1. The second-order valence-corrected chi connectivity index (χ2v) is 2.08. The molecule has 0 saturated heterocycles. The largest absolute Gasteiger partial charge is 0.486 e. The van der Waals surface area contributed by atoms with Crippen molar-refractivity contribution < 1.29 is 13.5 Å². The number of rotatable bonds is 3. The van der Waals surface area contributed by atoms with Gasteiger partial charge in [0.15, 0.2) is 11.6 Å². The van der Waals surface area contributed by atoms with Gasteiger partial charge in [0.1, 0.15) is 12.4 Å². The molecule has 0 aliphatic heterocycles. The number of benzene rings is 1. The van der Waals surface area contributed by atoms with Crippen LogP contribution >= 0.6 is 0 Å². The van der Waals surface area contributed by atoms with E-state index in [1.165, 1.54) is 12.1 Å². The first-order chi connectivity index (χ1) is 5.74. The highest BCUT2D eigenvalue weighted by Crippen LogP contribution is 2.16. The smallest absolute Gasteiger partial charge is 0.176 e. The van der Waals surface area contributed by atoms with Crippen LogP contribution < -0.4 is 4.74 Å². The second kappa shape index (κ2) is 3.85. The first-order valence-corrected chi connectivity index (χ1v) is 3.35. The molecule has 0 amide bonds. The molecule has 0 heterocycles. The van der Waals surface area contributed by atoms with Gasteiger partial charge in [-0.1, -0.05) is 12.7 Å². The molecular formula is C9H7F2O. The van der Waals surface area contributed by atoms with Gasteiger partial charge in [-0.25, -0.2) is 8.78 Å². The van der Waals surface area contributed by atoms with Crippen LogP contribution in [-0.2, 0) is 0 Å². The van der Waals surface area contributed by atoms with E-state index in [0.717, 1.165) is 6.07 Å². The first-order valence-electron chi connectivity index (χ1n) is 3.35. The maximum atomic E-state index is 12.7. The van der Waals surface area contributed by atoms with Gasteiger partial charge in [-0.3, -0.25) is 0 Å². The van der Waals surface area contributed by atoms with E-state index >= 15 is 0 Å². The van der Waals surface area contributed by atoms with Gasteiger partial charge in [-0.2, -0.15) is 0 Å². The summed E-state index contributed by atoms with van der Waals surface area (Å²) in [6.07, 6.45) is 1.47. The molecule has 0 spiro atoms. The van der Waals surface area contributed by atoms with Crippen LogP contribution in [0.25, 0.3) is 0 Å². The average molecular weight is 169 g/mol. The molecule has 0 saturated carbocycles. The molecule has 3 heteroatoms. The minimum atomic E-state index is -0.822. The third-order valence-electron chi connectivity index (χ3n) is 1.18. The van der Waals surface area contributed by atoms with E-state index in [-0.39, 0.29) is 12.4 Å². The summed E-state index contributed by atoms with van der Waals surface area (Å²) in [5.41, 5.74) is 0. The molecule has 0 unspecified atom stereocenters. The van der Waals surface area contributed by atoms with Gasteiger partial charge in [-0.05, 0) is 12.1 Å². The zero-order valence-corrected chi connectivity index (χ0v) is 6.31. The monoisotopic (exact) mass is 169 g/mol. The third-order valence-corrected chi connectivity index (χ3v) is 1.18. The van der Waals surface area contributed by atoms with Crippen molar-refractivity contribution in [2.75, 3.05) is 6.61 Å². The van der Waals surface area contributed by atoms with Gasteiger partial charge < -0.3 is 4.74 Å². The second-order valence-electron chi connectivity index (χ2n) is 2.08. The lowest BCUT2D eigenvalue weighted by atomic mass is 10.3. The summed E-state index contributed by atoms with van der Waals surface area (Å²) in [6.45, 7) is 3.58. The quantitative estimate of drug-likeness (QED) is 0.631. The topological polar surface area (TPSA) is 9.23 Å². The van der Waals surface area contributed by atoms with E-state index < -0.39 is 11.6 Å². The van der Waals surface area contributed by atoms with E-state index in [9.17, 15) is 8.78 Å². The molecule has 0 fully saturated rings. The molecule has 1 radical (unpaired) electrons. The molecule has 1 aromatic rings. The average Bonchev–Trinajstić information content (AvgIpc) is 2.03. The summed E-state index contributed by atoms with van der Waals surface area (Å²) in [6, 6.07) is 4.15. The standard InChI is InChI=1S/C9H7F2O/c1-2-5-12-9-4-3-7(10)6-8(9)11/h2-4H,1,5H2. The Kier molecular flexibility index (Phi) is 2.80. The molecule has 0 aromatic heterocycles. The van der Waals surface area contributed by atoms with E-state index in [1.54, 1.807) is 0 Å². The highest BCUT2D eigenvalue weighted by molar-refractivity contribution is 5.23. The zero-order chi connectivity index (χ0) is 8.97. The normalized spacial score (nSPS) is 9.50. The maximum absolute atomic E-state index is 12.7. The lowest BCUT2D eigenvalue weighted by Crippen LogP contribution is -1.95. The molecule has 1 rings (SSSR count). The Bertz CT molecular complexity index is 284. The van der Waals surface area contributed by atoms with Crippen LogP contribution in [0.4, 0.5) is 8.78 Å². The fourth-order valence-corrected chi connectivity index (χ4v) is 0.690. The van der Waals surface area contributed by atoms with Crippen molar-refractivity contribution in [2.24, 2.45) is 0 Å². The summed E-state index contributed by atoms with van der Waals surface area (Å²) in [5.74, 6) is -1.58. The van der Waals surface area contributed by atoms with Crippen molar-refractivity contribution in [1.82, 2.24) is 0 Å². The molecule has 0 N–H and O–H groups in total. The third kappa shape index (κ3) is 2.05. The predicted octanol–water partition coefficient (Wildman–Crippen LogP) is 2.33. The molecule has 12 heavy (non-hydrogen) atoms. The van der Waals surface area contributed by atoms with Crippen LogP contribution in [0.1, 0.15) is 0 Å². The van der Waals surface area contributed by atoms with E-state index in [0.29, 0.717) is 0 Å². The molecular weight excluding hydrogens is 162 g/mol. The summed E-state index contributed by atoms with van der Waals surface area (Å²) in [7, 11) is 0. The van der Waals surface area contributed by atoms with Gasteiger partial charge >= 0.3 is 0 Å². The summed E-state index contributed by atoms with van der Waals surface area (Å²) in [5, 5.41) is 0. The van der Waals surface area contributed by atoms with Crippen molar-refractivity contribution in [2.45, 2.75) is 0 Å². The summed E-state index contributed by atoms with van der Waals surface area (Å²) >= 11 is 0. The first kappa shape index (κ1) is 8.71. The van der Waals surface area contributed by atoms with Crippen LogP contribution in [0.3, 0.4) is 0 Å². The van der Waals surface area contributed by atoms with Crippen molar-refractivity contribution in [3.8, 4) is 5.75 Å². The summed E-state index contributed by atoms with van der Waals surface area (Å²) in [4.78, 5) is 0. The number of hydrogen-bond donors (Lipinski definition) is 0. The highest BCUT2D eigenvalue weighted by atomic mass is 19.1. The summed E-state index contributed by atoms with van der Waals surface area (Å²) < 4.78 is 29.9. The Morgan fingerprint density at radius 2 is 2.25 bits per heavy atom. The Balaban J connectivity index is 2.78. The van der Waals surface area contributed by atoms with Crippen molar-refractivity contribution in [3.63, 3.8) is 0 Å². The van der Waals surface area contributed by atoms with Crippen LogP contribution in [-0.4, -0.2) is 6.61 Å². The minimum Gasteiger partial charge on any atom is -0.486 e. The van der Waals surface area contributed by atoms with Gasteiger partial charge in [0, 0.05) is 0 Å². The van der Waals surface area contributed by atoms with Crippen LogP contribution in [0.15, 0.2) is 24.8 Å². The van der Waals surface area contributed by atoms with Crippen molar-refractivity contribution >= 4 is 0 Å². The highest BCUT2D eigenvalue weighted by Gasteiger charge is 2.03. The van der Waals surface area contributed by atoms with Gasteiger partial charge in [0.2, 0.25) is 0 Å². The fraction of sp³-hybridized carbons (Fsp3) is 0.111. The maximum Gasteiger partial charge on any atom is 0.176 e. The lowest BCUT2D eigenvalue weighted by Gasteiger charge is -2.02.